The van der Waals surface area contributed by atoms with Gasteiger partial charge in [-0.3, -0.25) is 14.3 Å². The van der Waals surface area contributed by atoms with Crippen molar-refractivity contribution in [3.63, 3.8) is 0 Å². The molecule has 1 saturated carbocycles. The third-order valence-corrected chi connectivity index (χ3v) is 3.53. The molecule has 2 rings (SSSR count). The van der Waals surface area contributed by atoms with Gasteiger partial charge >= 0.3 is 5.69 Å². The molecule has 1 heterocycles. The number of unbranched alkanes of at least 4 members (excludes halogenated alkanes) is 1. The number of H-pyrrole nitrogens is 1. The van der Waals surface area contributed by atoms with Crippen LogP contribution >= 0.6 is 0 Å². The minimum Gasteiger partial charge on any atom is -0.383 e. The lowest BCUT2D eigenvalue weighted by atomic mass is 10.3. The van der Waals surface area contributed by atoms with Gasteiger partial charge in [-0.1, -0.05) is 26.2 Å². The van der Waals surface area contributed by atoms with Gasteiger partial charge in [0.25, 0.3) is 5.56 Å². The second kappa shape index (κ2) is 5.95. The van der Waals surface area contributed by atoms with Crippen molar-refractivity contribution in [1.82, 2.24) is 9.55 Å². The van der Waals surface area contributed by atoms with Gasteiger partial charge in [-0.2, -0.15) is 0 Å². The minimum atomic E-state index is -0.427. The van der Waals surface area contributed by atoms with Crippen LogP contribution in [0, 0.1) is 5.92 Å². The van der Waals surface area contributed by atoms with Crippen molar-refractivity contribution in [3.05, 3.63) is 20.8 Å². The van der Waals surface area contributed by atoms with E-state index < -0.39 is 11.2 Å². The number of nitrogens with two attached hydrogens (primary N) is 1. The highest BCUT2D eigenvalue weighted by Crippen LogP contribution is 2.32. The zero-order chi connectivity index (χ0) is 13.8. The van der Waals surface area contributed by atoms with Gasteiger partial charge in [0.05, 0.1) is 0 Å². The fraction of sp³-hybridized carbons (Fsp3) is 0.692. The van der Waals surface area contributed by atoms with Crippen molar-refractivity contribution in [3.8, 4) is 0 Å². The predicted molar refractivity (Wildman–Crippen MR) is 76.5 cm³/mol. The Labute approximate surface area is 112 Å². The van der Waals surface area contributed by atoms with Crippen molar-refractivity contribution in [2.75, 3.05) is 17.6 Å². The summed E-state index contributed by atoms with van der Waals surface area (Å²) in [5.41, 5.74) is 5.42. The van der Waals surface area contributed by atoms with Crippen LogP contribution in [0.1, 0.15) is 39.0 Å². The summed E-state index contributed by atoms with van der Waals surface area (Å²) in [6.07, 6.45) is 5.44. The van der Waals surface area contributed by atoms with Crippen LogP contribution in [0.25, 0.3) is 0 Å². The predicted octanol–water partition coefficient (Wildman–Crippen LogP) is 1.13. The number of aromatic nitrogens is 2. The molecule has 19 heavy (non-hydrogen) atoms. The van der Waals surface area contributed by atoms with Crippen LogP contribution in [0.3, 0.4) is 0 Å². The molecular weight excluding hydrogens is 244 g/mol. The van der Waals surface area contributed by atoms with Crippen molar-refractivity contribution < 1.29 is 0 Å². The lowest BCUT2D eigenvalue weighted by Crippen LogP contribution is -2.34. The molecule has 1 fully saturated rings. The van der Waals surface area contributed by atoms with Gasteiger partial charge in [-0.15, -0.1) is 0 Å². The van der Waals surface area contributed by atoms with E-state index in [1.807, 2.05) is 6.92 Å². The smallest absolute Gasteiger partial charge is 0.330 e. The Kier molecular flexibility index (Phi) is 4.29. The van der Waals surface area contributed by atoms with E-state index in [9.17, 15) is 9.59 Å². The van der Waals surface area contributed by atoms with Gasteiger partial charge in [0.1, 0.15) is 11.5 Å². The highest BCUT2D eigenvalue weighted by molar-refractivity contribution is 5.60. The molecular formula is C13H22N4O2. The molecule has 1 aliphatic carbocycles. The van der Waals surface area contributed by atoms with Crippen molar-refractivity contribution in [1.29, 1.82) is 0 Å². The van der Waals surface area contributed by atoms with E-state index in [1.54, 1.807) is 0 Å². The van der Waals surface area contributed by atoms with Crippen LogP contribution in [0.5, 0.6) is 0 Å². The van der Waals surface area contributed by atoms with Crippen molar-refractivity contribution in [2.45, 2.75) is 45.6 Å². The second-order valence-corrected chi connectivity index (χ2v) is 5.18. The van der Waals surface area contributed by atoms with Crippen molar-refractivity contribution >= 4 is 11.5 Å². The van der Waals surface area contributed by atoms with Crippen LogP contribution in [-0.2, 0) is 6.54 Å². The van der Waals surface area contributed by atoms with Crippen LogP contribution < -0.4 is 22.3 Å². The summed E-state index contributed by atoms with van der Waals surface area (Å²) >= 11 is 0. The number of aromatic amines is 1. The number of nitrogens with zero attached hydrogens (tertiary/aromatic N) is 1. The topological polar surface area (TPSA) is 92.9 Å². The molecule has 6 heteroatoms. The Bertz CT molecular complexity index is 543. The molecule has 106 valence electrons. The summed E-state index contributed by atoms with van der Waals surface area (Å²) in [6, 6.07) is 0. The molecule has 0 radical (unpaired) electrons. The number of hydrogen-bond donors (Lipinski definition) is 3. The van der Waals surface area contributed by atoms with E-state index in [1.165, 1.54) is 17.4 Å². The van der Waals surface area contributed by atoms with E-state index in [0.717, 1.165) is 31.7 Å². The molecule has 1 aromatic heterocycles. The van der Waals surface area contributed by atoms with Crippen LogP contribution in [0.2, 0.25) is 0 Å². The summed E-state index contributed by atoms with van der Waals surface area (Å²) in [5.74, 6) is 1.04. The fourth-order valence-electron chi connectivity index (χ4n) is 2.10. The summed E-state index contributed by atoms with van der Waals surface area (Å²) < 4.78 is 1.43. The molecule has 0 unspecified atom stereocenters. The van der Waals surface area contributed by atoms with E-state index in [2.05, 4.69) is 10.3 Å². The van der Waals surface area contributed by atoms with Crippen molar-refractivity contribution in [2.24, 2.45) is 5.92 Å². The molecule has 0 saturated heterocycles. The Morgan fingerprint density at radius 2 is 2.16 bits per heavy atom. The number of rotatable bonds is 7. The molecule has 0 spiro atoms. The average Bonchev–Trinajstić information content (AvgIpc) is 3.17. The zero-order valence-electron chi connectivity index (χ0n) is 11.4. The highest BCUT2D eigenvalue weighted by atomic mass is 16.2. The highest BCUT2D eigenvalue weighted by Gasteiger charge is 2.20. The maximum Gasteiger partial charge on any atom is 0.330 e. The normalized spacial score (nSPS) is 14.6. The van der Waals surface area contributed by atoms with Crippen LogP contribution in [-0.4, -0.2) is 16.1 Å². The Hall–Kier alpha value is -1.72. The molecule has 0 aromatic carbocycles. The van der Waals surface area contributed by atoms with E-state index in [0.29, 0.717) is 12.2 Å². The SMILES string of the molecule is CCCCn1c(N)c(NCCC2CC2)c(=O)[nH]c1=O. The van der Waals surface area contributed by atoms with Gasteiger partial charge in [0.15, 0.2) is 0 Å². The number of anilines is 2. The average molecular weight is 266 g/mol. The summed E-state index contributed by atoms with van der Waals surface area (Å²) in [5, 5.41) is 3.07. The molecule has 1 aromatic rings. The molecule has 6 nitrogen and oxygen atoms in total. The summed E-state index contributed by atoms with van der Waals surface area (Å²) in [4.78, 5) is 25.8. The lowest BCUT2D eigenvalue weighted by Gasteiger charge is -2.13. The molecule has 0 atom stereocenters. The van der Waals surface area contributed by atoms with Gasteiger partial charge in [0.2, 0.25) is 0 Å². The zero-order valence-corrected chi connectivity index (χ0v) is 11.4. The number of nitrogens with one attached hydrogen (secondary N) is 2. The Balaban J connectivity index is 2.15. The largest absolute Gasteiger partial charge is 0.383 e. The maximum absolute atomic E-state index is 11.8. The summed E-state index contributed by atoms with van der Waals surface area (Å²) in [6.45, 7) is 3.31. The minimum absolute atomic E-state index is 0.248. The van der Waals surface area contributed by atoms with Gasteiger partial charge in [-0.25, -0.2) is 4.79 Å². The summed E-state index contributed by atoms with van der Waals surface area (Å²) in [7, 11) is 0. The first kappa shape index (κ1) is 13.7. The monoisotopic (exact) mass is 266 g/mol. The molecule has 0 bridgehead atoms. The standard InChI is InChI=1S/C13H22N4O2/c1-2-3-8-17-11(14)10(12(18)16-13(17)19)15-7-6-9-4-5-9/h9,15H,2-8,14H2,1H3,(H,16,18,19). The molecule has 1 aliphatic rings. The first-order chi connectivity index (χ1) is 9.13. The van der Waals surface area contributed by atoms with Gasteiger partial charge < -0.3 is 11.1 Å². The Morgan fingerprint density at radius 1 is 1.42 bits per heavy atom. The molecule has 0 amide bonds. The third kappa shape index (κ3) is 3.39. The fourth-order valence-corrected chi connectivity index (χ4v) is 2.10. The second-order valence-electron chi connectivity index (χ2n) is 5.18. The first-order valence-electron chi connectivity index (χ1n) is 7.00. The lowest BCUT2D eigenvalue weighted by molar-refractivity contribution is 0.605. The van der Waals surface area contributed by atoms with Gasteiger partial charge in [0, 0.05) is 13.1 Å². The third-order valence-electron chi connectivity index (χ3n) is 3.53. The maximum atomic E-state index is 11.8. The Morgan fingerprint density at radius 3 is 2.79 bits per heavy atom. The van der Waals surface area contributed by atoms with Crippen LogP contribution in [0.4, 0.5) is 11.5 Å². The number of nitrogen functional groups attached to an aromatic ring is 1. The molecule has 4 N–H and O–H groups in total. The molecule has 0 aliphatic heterocycles. The van der Waals surface area contributed by atoms with E-state index in [-0.39, 0.29) is 5.82 Å². The van der Waals surface area contributed by atoms with Crippen LogP contribution in [0.15, 0.2) is 9.59 Å². The van der Waals surface area contributed by atoms with Gasteiger partial charge in [-0.05, 0) is 18.8 Å². The first-order valence-corrected chi connectivity index (χ1v) is 7.00. The number of hydrogen-bond acceptors (Lipinski definition) is 4. The quantitative estimate of drug-likeness (QED) is 0.689. The van der Waals surface area contributed by atoms with E-state index >= 15 is 0 Å². The van der Waals surface area contributed by atoms with E-state index in [4.69, 9.17) is 5.73 Å².